The minimum atomic E-state index is -0.0993. The van der Waals surface area contributed by atoms with Gasteiger partial charge in [0.05, 0.1) is 5.52 Å². The zero-order chi connectivity index (χ0) is 18.1. The second kappa shape index (κ2) is 7.07. The average Bonchev–Trinajstić information content (AvgIpc) is 3.08. The van der Waals surface area contributed by atoms with Crippen molar-refractivity contribution in [2.45, 2.75) is 18.9 Å². The van der Waals surface area contributed by atoms with Gasteiger partial charge in [-0.1, -0.05) is 22.0 Å². The van der Waals surface area contributed by atoms with Crippen LogP contribution in [0.5, 0.6) is 0 Å². The molecule has 0 spiro atoms. The van der Waals surface area contributed by atoms with Crippen molar-refractivity contribution in [2.75, 3.05) is 18.0 Å². The molecule has 0 unspecified atom stereocenters. The lowest BCUT2D eigenvalue weighted by Crippen LogP contribution is -2.45. The number of benzene rings is 1. The highest BCUT2D eigenvalue weighted by molar-refractivity contribution is 9.10. The fourth-order valence-corrected chi connectivity index (χ4v) is 3.65. The lowest BCUT2D eigenvalue weighted by atomic mass is 10.0. The number of nitrogens with zero attached hydrogens (tertiary/aromatic N) is 4. The van der Waals surface area contributed by atoms with Gasteiger partial charge in [-0.3, -0.25) is 9.48 Å². The molecular formula is C19H20BrN5O. The Hall–Kier alpha value is -2.41. The third-order valence-corrected chi connectivity index (χ3v) is 5.23. The molecule has 7 heteroatoms. The molecule has 3 aromatic rings. The van der Waals surface area contributed by atoms with Crippen LogP contribution in [0.2, 0.25) is 0 Å². The van der Waals surface area contributed by atoms with E-state index in [-0.39, 0.29) is 11.9 Å². The first-order chi connectivity index (χ1) is 12.6. The number of carbonyl (C=O) groups is 1. The minimum absolute atomic E-state index is 0.0993. The SMILES string of the molecule is Cn1ccc(C(=O)NC2CCN(c3ccc4ccc(Br)cc4n3)CC2)n1. The van der Waals surface area contributed by atoms with Gasteiger partial charge in [-0.25, -0.2) is 4.98 Å². The molecule has 3 heterocycles. The van der Waals surface area contributed by atoms with E-state index in [2.05, 4.69) is 49.4 Å². The van der Waals surface area contributed by atoms with E-state index in [1.165, 1.54) is 0 Å². The lowest BCUT2D eigenvalue weighted by molar-refractivity contribution is 0.0925. The van der Waals surface area contributed by atoms with E-state index >= 15 is 0 Å². The Morgan fingerprint density at radius 3 is 2.69 bits per heavy atom. The predicted octanol–water partition coefficient (Wildman–Crippen LogP) is 3.13. The maximum absolute atomic E-state index is 12.2. The van der Waals surface area contributed by atoms with Crippen LogP contribution in [0.1, 0.15) is 23.3 Å². The maximum atomic E-state index is 12.2. The molecule has 0 aliphatic carbocycles. The molecule has 0 atom stereocenters. The number of hydrogen-bond acceptors (Lipinski definition) is 4. The van der Waals surface area contributed by atoms with Gasteiger partial charge in [0.2, 0.25) is 0 Å². The molecule has 0 bridgehead atoms. The number of amides is 1. The second-order valence-electron chi connectivity index (χ2n) is 6.62. The number of aryl methyl sites for hydroxylation is 1. The largest absolute Gasteiger partial charge is 0.356 e. The monoisotopic (exact) mass is 413 g/mol. The number of hydrogen-bond donors (Lipinski definition) is 1. The van der Waals surface area contributed by atoms with Crippen LogP contribution in [0.25, 0.3) is 10.9 Å². The van der Waals surface area contributed by atoms with Crippen molar-refractivity contribution >= 4 is 38.6 Å². The summed E-state index contributed by atoms with van der Waals surface area (Å²) in [7, 11) is 1.81. The molecule has 2 aromatic heterocycles. The normalized spacial score (nSPS) is 15.4. The fraction of sp³-hybridized carbons (Fsp3) is 0.316. The molecule has 1 aliphatic rings. The summed E-state index contributed by atoms with van der Waals surface area (Å²) in [6.07, 6.45) is 3.58. The van der Waals surface area contributed by atoms with Crippen LogP contribution in [0.15, 0.2) is 47.1 Å². The van der Waals surface area contributed by atoms with Gasteiger partial charge in [-0.2, -0.15) is 5.10 Å². The highest BCUT2D eigenvalue weighted by atomic mass is 79.9. The summed E-state index contributed by atoms with van der Waals surface area (Å²) in [5.41, 5.74) is 1.46. The minimum Gasteiger partial charge on any atom is -0.356 e. The molecule has 1 amide bonds. The Morgan fingerprint density at radius 2 is 1.96 bits per heavy atom. The summed E-state index contributed by atoms with van der Waals surface area (Å²) in [5, 5.41) is 8.38. The number of anilines is 1. The zero-order valence-electron chi connectivity index (χ0n) is 14.5. The number of piperidine rings is 1. The van der Waals surface area contributed by atoms with E-state index in [1.807, 2.05) is 19.2 Å². The van der Waals surface area contributed by atoms with Gasteiger partial charge in [-0.05, 0) is 43.2 Å². The van der Waals surface area contributed by atoms with Crippen molar-refractivity contribution in [1.29, 1.82) is 0 Å². The Morgan fingerprint density at radius 1 is 1.19 bits per heavy atom. The van der Waals surface area contributed by atoms with Crippen LogP contribution in [-0.4, -0.2) is 39.8 Å². The van der Waals surface area contributed by atoms with Gasteiger partial charge in [0, 0.05) is 42.2 Å². The number of pyridine rings is 1. The first-order valence-electron chi connectivity index (χ1n) is 8.70. The highest BCUT2D eigenvalue weighted by Gasteiger charge is 2.22. The van der Waals surface area contributed by atoms with E-state index < -0.39 is 0 Å². The van der Waals surface area contributed by atoms with Gasteiger partial charge in [-0.15, -0.1) is 0 Å². The van der Waals surface area contributed by atoms with Gasteiger partial charge in [0.25, 0.3) is 5.91 Å². The molecule has 134 valence electrons. The summed E-state index contributed by atoms with van der Waals surface area (Å²) < 4.78 is 2.67. The van der Waals surface area contributed by atoms with Gasteiger partial charge in [0.15, 0.2) is 0 Å². The van der Waals surface area contributed by atoms with Crippen LogP contribution >= 0.6 is 15.9 Å². The summed E-state index contributed by atoms with van der Waals surface area (Å²) in [6.45, 7) is 1.75. The van der Waals surface area contributed by atoms with Crippen molar-refractivity contribution in [3.63, 3.8) is 0 Å². The number of carbonyl (C=O) groups excluding carboxylic acids is 1. The summed E-state index contributed by atoms with van der Waals surface area (Å²) in [6, 6.07) is 12.2. The van der Waals surface area contributed by atoms with Crippen LogP contribution in [0.4, 0.5) is 5.82 Å². The second-order valence-corrected chi connectivity index (χ2v) is 7.53. The summed E-state index contributed by atoms with van der Waals surface area (Å²) in [4.78, 5) is 19.3. The first-order valence-corrected chi connectivity index (χ1v) is 9.49. The molecular weight excluding hydrogens is 394 g/mol. The van der Waals surface area contributed by atoms with E-state index in [1.54, 1.807) is 16.9 Å². The third-order valence-electron chi connectivity index (χ3n) is 4.74. The molecule has 1 aromatic carbocycles. The Bertz CT molecular complexity index is 946. The zero-order valence-corrected chi connectivity index (χ0v) is 16.1. The highest BCUT2D eigenvalue weighted by Crippen LogP contribution is 2.24. The van der Waals surface area contributed by atoms with E-state index in [9.17, 15) is 4.79 Å². The molecule has 1 saturated heterocycles. The number of fused-ring (bicyclic) bond motifs is 1. The Kier molecular flexibility index (Phi) is 4.63. The van der Waals surface area contributed by atoms with Crippen molar-refractivity contribution in [3.8, 4) is 0 Å². The molecule has 1 N–H and O–H groups in total. The Balaban J connectivity index is 1.39. The quantitative estimate of drug-likeness (QED) is 0.716. The van der Waals surface area contributed by atoms with Crippen LogP contribution < -0.4 is 10.2 Å². The van der Waals surface area contributed by atoms with Gasteiger partial charge >= 0.3 is 0 Å². The van der Waals surface area contributed by atoms with Crippen LogP contribution in [0.3, 0.4) is 0 Å². The molecule has 26 heavy (non-hydrogen) atoms. The lowest BCUT2D eigenvalue weighted by Gasteiger charge is -2.33. The third kappa shape index (κ3) is 3.58. The molecule has 1 fully saturated rings. The number of nitrogens with one attached hydrogen (secondary N) is 1. The average molecular weight is 414 g/mol. The number of rotatable bonds is 3. The fourth-order valence-electron chi connectivity index (χ4n) is 3.30. The smallest absolute Gasteiger partial charge is 0.271 e. The summed E-state index contributed by atoms with van der Waals surface area (Å²) >= 11 is 3.50. The van der Waals surface area contributed by atoms with Crippen molar-refractivity contribution in [2.24, 2.45) is 7.05 Å². The van der Waals surface area contributed by atoms with Crippen molar-refractivity contribution < 1.29 is 4.79 Å². The molecule has 4 rings (SSSR count). The van der Waals surface area contributed by atoms with Gasteiger partial charge in [0.1, 0.15) is 11.5 Å². The molecule has 0 radical (unpaired) electrons. The van der Waals surface area contributed by atoms with E-state index in [0.29, 0.717) is 5.69 Å². The molecule has 6 nitrogen and oxygen atoms in total. The molecule has 1 aliphatic heterocycles. The molecule has 0 saturated carbocycles. The number of aromatic nitrogens is 3. The maximum Gasteiger partial charge on any atom is 0.271 e. The number of halogens is 1. The van der Waals surface area contributed by atoms with Crippen molar-refractivity contribution in [3.05, 3.63) is 52.8 Å². The first kappa shape index (κ1) is 17.0. The van der Waals surface area contributed by atoms with Crippen LogP contribution in [0, 0.1) is 0 Å². The van der Waals surface area contributed by atoms with E-state index in [0.717, 1.165) is 47.1 Å². The predicted molar refractivity (Wildman–Crippen MR) is 105 cm³/mol. The Labute approximate surface area is 160 Å². The van der Waals surface area contributed by atoms with E-state index in [4.69, 9.17) is 4.98 Å². The van der Waals surface area contributed by atoms with Gasteiger partial charge < -0.3 is 10.2 Å². The topological polar surface area (TPSA) is 63.1 Å². The summed E-state index contributed by atoms with van der Waals surface area (Å²) in [5.74, 6) is 0.892. The van der Waals surface area contributed by atoms with Crippen molar-refractivity contribution in [1.82, 2.24) is 20.1 Å². The van der Waals surface area contributed by atoms with Crippen LogP contribution in [-0.2, 0) is 7.05 Å². The standard InChI is InChI=1S/C19H20BrN5O/c1-24-9-8-16(23-24)19(26)21-15-6-10-25(11-7-15)18-5-3-13-2-4-14(20)12-17(13)22-18/h2-5,8-9,12,15H,6-7,10-11H2,1H3,(H,21,26).